The summed E-state index contributed by atoms with van der Waals surface area (Å²) in [6.07, 6.45) is 0.205. The number of hydrogen-bond acceptors (Lipinski definition) is 4. The smallest absolute Gasteiger partial charge is 0.294 e. The molecule has 0 fully saturated rings. The zero-order valence-corrected chi connectivity index (χ0v) is 17.9. The number of rotatable bonds is 6. The lowest BCUT2D eigenvalue weighted by molar-refractivity contribution is -0.118. The number of aliphatic hydroxyl groups is 1. The normalized spacial score (nSPS) is 16.6. The second-order valence-electron chi connectivity index (χ2n) is 8.27. The van der Waals surface area contributed by atoms with Gasteiger partial charge >= 0.3 is 0 Å². The molecule has 0 spiro atoms. The van der Waals surface area contributed by atoms with Gasteiger partial charge < -0.3 is 10.0 Å². The molecule has 0 bridgehead atoms. The van der Waals surface area contributed by atoms with Crippen molar-refractivity contribution in [3.8, 4) is 0 Å². The lowest BCUT2D eigenvalue weighted by Gasteiger charge is -2.28. The standard InChI is InChI=1S/C24H27FN2O3/c1-14(2)12-20(28)21-22(19-11-6-16(25)13-15(19)3)27(24(30)23(21)29)18-9-7-17(8-10-18)26(4)5/h6-11,13-14,22,29H,12H2,1-5H3. The van der Waals surface area contributed by atoms with E-state index in [1.165, 1.54) is 17.0 Å². The van der Waals surface area contributed by atoms with Crippen LogP contribution in [0.25, 0.3) is 0 Å². The van der Waals surface area contributed by atoms with Crippen LogP contribution in [0.3, 0.4) is 0 Å². The molecule has 1 aliphatic heterocycles. The number of halogens is 1. The molecule has 158 valence electrons. The van der Waals surface area contributed by atoms with Gasteiger partial charge in [-0.05, 0) is 60.4 Å². The first-order chi connectivity index (χ1) is 14.1. The topological polar surface area (TPSA) is 60.9 Å². The monoisotopic (exact) mass is 410 g/mol. The van der Waals surface area contributed by atoms with Crippen LogP contribution in [0.2, 0.25) is 0 Å². The quantitative estimate of drug-likeness (QED) is 0.749. The highest BCUT2D eigenvalue weighted by Crippen LogP contribution is 2.43. The van der Waals surface area contributed by atoms with E-state index in [2.05, 4.69) is 0 Å². The third-order valence-electron chi connectivity index (χ3n) is 5.27. The maximum atomic E-state index is 13.7. The summed E-state index contributed by atoms with van der Waals surface area (Å²) in [5, 5.41) is 10.7. The van der Waals surface area contributed by atoms with E-state index in [9.17, 15) is 19.1 Å². The number of ketones is 1. The number of aryl methyl sites for hydroxylation is 1. The molecule has 1 heterocycles. The highest BCUT2D eigenvalue weighted by atomic mass is 19.1. The molecule has 5 nitrogen and oxygen atoms in total. The predicted molar refractivity (Wildman–Crippen MR) is 116 cm³/mol. The lowest BCUT2D eigenvalue weighted by Crippen LogP contribution is -2.31. The molecule has 0 saturated carbocycles. The average molecular weight is 410 g/mol. The van der Waals surface area contributed by atoms with Crippen LogP contribution >= 0.6 is 0 Å². The lowest BCUT2D eigenvalue weighted by atomic mass is 9.90. The molecule has 1 unspecified atom stereocenters. The zero-order chi connectivity index (χ0) is 22.2. The van der Waals surface area contributed by atoms with E-state index in [-0.39, 0.29) is 23.7 Å². The highest BCUT2D eigenvalue weighted by molar-refractivity contribution is 6.16. The van der Waals surface area contributed by atoms with Crippen molar-refractivity contribution in [1.82, 2.24) is 0 Å². The Bertz CT molecular complexity index is 1010. The van der Waals surface area contributed by atoms with Crippen molar-refractivity contribution in [3.05, 3.63) is 70.7 Å². The second kappa shape index (κ2) is 8.30. The molecule has 2 aromatic rings. The first-order valence-corrected chi connectivity index (χ1v) is 9.95. The van der Waals surface area contributed by atoms with Crippen molar-refractivity contribution in [1.29, 1.82) is 0 Å². The number of benzene rings is 2. The van der Waals surface area contributed by atoms with Gasteiger partial charge in [0.2, 0.25) is 0 Å². The first-order valence-electron chi connectivity index (χ1n) is 9.95. The molecular weight excluding hydrogens is 383 g/mol. The molecule has 0 aromatic heterocycles. The van der Waals surface area contributed by atoms with Gasteiger partial charge in [0.05, 0.1) is 11.6 Å². The first kappa shape index (κ1) is 21.6. The van der Waals surface area contributed by atoms with Crippen LogP contribution in [0.4, 0.5) is 15.8 Å². The summed E-state index contributed by atoms with van der Waals surface area (Å²) < 4.78 is 13.7. The van der Waals surface area contributed by atoms with Crippen molar-refractivity contribution in [2.75, 3.05) is 23.9 Å². The number of hydrogen-bond donors (Lipinski definition) is 1. The molecule has 0 radical (unpaired) electrons. The third kappa shape index (κ3) is 3.95. The van der Waals surface area contributed by atoms with Crippen LogP contribution in [-0.4, -0.2) is 30.9 Å². The average Bonchev–Trinajstić information content (AvgIpc) is 2.92. The largest absolute Gasteiger partial charge is 0.503 e. The van der Waals surface area contributed by atoms with Crippen LogP contribution < -0.4 is 9.80 Å². The molecule has 2 aromatic carbocycles. The highest BCUT2D eigenvalue weighted by Gasteiger charge is 2.44. The minimum atomic E-state index is -0.811. The van der Waals surface area contributed by atoms with E-state index in [4.69, 9.17) is 0 Å². The summed E-state index contributed by atoms with van der Waals surface area (Å²) in [5.41, 5.74) is 2.79. The van der Waals surface area contributed by atoms with Crippen LogP contribution in [0.1, 0.15) is 37.4 Å². The van der Waals surface area contributed by atoms with Gasteiger partial charge in [-0.25, -0.2) is 4.39 Å². The molecular formula is C24H27FN2O3. The van der Waals surface area contributed by atoms with Crippen LogP contribution in [-0.2, 0) is 9.59 Å². The van der Waals surface area contributed by atoms with E-state index in [1.807, 2.05) is 45.0 Å². The van der Waals surface area contributed by atoms with Gasteiger partial charge in [0.15, 0.2) is 11.5 Å². The number of carbonyl (C=O) groups is 2. The fourth-order valence-electron chi connectivity index (χ4n) is 3.79. The number of aliphatic hydroxyl groups excluding tert-OH is 1. The van der Waals surface area contributed by atoms with Crippen molar-refractivity contribution in [2.45, 2.75) is 33.2 Å². The minimum Gasteiger partial charge on any atom is -0.503 e. The summed E-state index contributed by atoms with van der Waals surface area (Å²) >= 11 is 0. The molecule has 6 heteroatoms. The Hall–Kier alpha value is -3.15. The number of carbonyl (C=O) groups excluding carboxylic acids is 2. The van der Waals surface area contributed by atoms with E-state index in [0.717, 1.165) is 5.69 Å². The minimum absolute atomic E-state index is 0.0660. The van der Waals surface area contributed by atoms with Crippen LogP contribution in [0, 0.1) is 18.7 Å². The number of anilines is 2. The van der Waals surface area contributed by atoms with Gasteiger partial charge in [-0.3, -0.25) is 14.5 Å². The van der Waals surface area contributed by atoms with Gasteiger partial charge in [-0.1, -0.05) is 19.9 Å². The number of amides is 1. The van der Waals surface area contributed by atoms with E-state index in [1.54, 1.807) is 25.1 Å². The van der Waals surface area contributed by atoms with Crippen molar-refractivity contribution in [2.24, 2.45) is 5.92 Å². The zero-order valence-electron chi connectivity index (χ0n) is 17.9. The van der Waals surface area contributed by atoms with E-state index >= 15 is 0 Å². The second-order valence-corrected chi connectivity index (χ2v) is 8.27. The van der Waals surface area contributed by atoms with E-state index < -0.39 is 23.5 Å². The molecule has 1 amide bonds. The summed E-state index contributed by atoms with van der Waals surface area (Å²) in [4.78, 5) is 29.4. The summed E-state index contributed by atoms with van der Waals surface area (Å²) in [5.74, 6) is -1.78. The van der Waals surface area contributed by atoms with E-state index in [0.29, 0.717) is 16.8 Å². The van der Waals surface area contributed by atoms with Gasteiger partial charge in [0, 0.05) is 31.9 Å². The van der Waals surface area contributed by atoms with Gasteiger partial charge in [-0.2, -0.15) is 0 Å². The Morgan fingerprint density at radius 2 is 1.80 bits per heavy atom. The maximum Gasteiger partial charge on any atom is 0.294 e. The SMILES string of the molecule is Cc1cc(F)ccc1C1C(C(=O)CC(C)C)=C(O)C(=O)N1c1ccc(N(C)C)cc1. The fourth-order valence-corrected chi connectivity index (χ4v) is 3.79. The van der Waals surface area contributed by atoms with Gasteiger partial charge in [0.25, 0.3) is 5.91 Å². The number of nitrogens with zero attached hydrogens (tertiary/aromatic N) is 2. The predicted octanol–water partition coefficient (Wildman–Crippen LogP) is 4.72. The molecule has 3 rings (SSSR count). The van der Waals surface area contributed by atoms with Crippen molar-refractivity contribution < 1.29 is 19.1 Å². The molecule has 0 aliphatic carbocycles. The summed E-state index contributed by atoms with van der Waals surface area (Å²) in [7, 11) is 3.83. The molecule has 1 aliphatic rings. The Kier molecular flexibility index (Phi) is 5.97. The molecule has 1 N–H and O–H groups in total. The molecule has 30 heavy (non-hydrogen) atoms. The van der Waals surface area contributed by atoms with Crippen molar-refractivity contribution >= 4 is 23.1 Å². The number of Topliss-reactive ketones (excluding diaryl/α,β-unsaturated/α-hetero) is 1. The third-order valence-corrected chi connectivity index (χ3v) is 5.27. The maximum absolute atomic E-state index is 13.7. The van der Waals surface area contributed by atoms with Gasteiger partial charge in [0.1, 0.15) is 5.82 Å². The van der Waals surface area contributed by atoms with Crippen LogP contribution in [0.5, 0.6) is 0 Å². The fraction of sp³-hybridized carbons (Fsp3) is 0.333. The Morgan fingerprint density at radius 1 is 1.17 bits per heavy atom. The Balaban J connectivity index is 2.15. The van der Waals surface area contributed by atoms with Crippen LogP contribution in [0.15, 0.2) is 53.8 Å². The summed E-state index contributed by atoms with van der Waals surface area (Å²) in [6, 6.07) is 10.7. The van der Waals surface area contributed by atoms with Gasteiger partial charge in [-0.15, -0.1) is 0 Å². The van der Waals surface area contributed by atoms with Crippen molar-refractivity contribution in [3.63, 3.8) is 0 Å². The summed E-state index contributed by atoms with van der Waals surface area (Å²) in [6.45, 7) is 5.54. The molecule has 0 saturated heterocycles. The molecule has 1 atom stereocenters. The Labute approximate surface area is 176 Å². The Morgan fingerprint density at radius 3 is 2.33 bits per heavy atom.